The maximum Gasteiger partial charge on any atom is 0.217 e. The molecular formula is C16H13NO2. The molecule has 1 aliphatic heterocycles. The molecule has 0 saturated heterocycles. The Hall–Kier alpha value is -2.47. The maximum absolute atomic E-state index is 9.47. The molecule has 2 aromatic rings. The van der Waals surface area contributed by atoms with Crippen LogP contribution in [0.15, 0.2) is 42.5 Å². The Labute approximate surface area is 112 Å². The first-order valence-corrected chi connectivity index (χ1v) is 6.06. The number of benzene rings is 2. The van der Waals surface area contributed by atoms with Gasteiger partial charge in [0.2, 0.25) is 5.60 Å². The van der Waals surface area contributed by atoms with Crippen molar-refractivity contribution in [2.75, 3.05) is 7.11 Å². The van der Waals surface area contributed by atoms with Crippen LogP contribution < -0.4 is 9.47 Å². The van der Waals surface area contributed by atoms with Gasteiger partial charge in [0.05, 0.1) is 7.11 Å². The number of fused-ring (bicyclic) bond motifs is 3. The Morgan fingerprint density at radius 1 is 1.16 bits per heavy atom. The summed E-state index contributed by atoms with van der Waals surface area (Å²) in [6.07, 6.45) is 0. The Morgan fingerprint density at radius 2 is 1.95 bits per heavy atom. The fourth-order valence-electron chi connectivity index (χ4n) is 2.42. The molecule has 1 atom stereocenters. The van der Waals surface area contributed by atoms with E-state index in [0.717, 1.165) is 28.2 Å². The molecule has 0 aliphatic carbocycles. The minimum Gasteiger partial charge on any atom is -0.497 e. The number of hydrogen-bond acceptors (Lipinski definition) is 3. The highest BCUT2D eigenvalue weighted by molar-refractivity contribution is 5.77. The minimum absolute atomic E-state index is 0.725. The fraction of sp³-hybridized carbons (Fsp3) is 0.188. The number of para-hydroxylation sites is 1. The van der Waals surface area contributed by atoms with Crippen LogP contribution in [-0.4, -0.2) is 7.11 Å². The summed E-state index contributed by atoms with van der Waals surface area (Å²) in [7, 11) is 1.61. The highest BCUT2D eigenvalue weighted by Gasteiger charge is 2.37. The zero-order valence-corrected chi connectivity index (χ0v) is 10.8. The standard InChI is InChI=1S/C16H13NO2/c1-16(10-17)14-9-11(18-2)7-8-12(14)13-5-3-4-6-15(13)19-16/h3-9H,1-2H3. The lowest BCUT2D eigenvalue weighted by Crippen LogP contribution is -2.31. The predicted molar refractivity (Wildman–Crippen MR) is 72.0 cm³/mol. The van der Waals surface area contributed by atoms with Gasteiger partial charge in [-0.1, -0.05) is 24.3 Å². The van der Waals surface area contributed by atoms with E-state index >= 15 is 0 Å². The van der Waals surface area contributed by atoms with Crippen molar-refractivity contribution in [3.05, 3.63) is 48.0 Å². The summed E-state index contributed by atoms with van der Waals surface area (Å²) in [5, 5.41) is 9.47. The molecule has 0 N–H and O–H groups in total. The second-order valence-electron chi connectivity index (χ2n) is 4.65. The van der Waals surface area contributed by atoms with E-state index in [1.807, 2.05) is 42.5 Å². The summed E-state index contributed by atoms with van der Waals surface area (Å²) in [6.45, 7) is 1.78. The van der Waals surface area contributed by atoms with Crippen LogP contribution in [0.3, 0.4) is 0 Å². The third kappa shape index (κ3) is 1.65. The first-order valence-electron chi connectivity index (χ1n) is 6.06. The molecule has 3 nitrogen and oxygen atoms in total. The van der Waals surface area contributed by atoms with Crippen molar-refractivity contribution in [1.29, 1.82) is 5.26 Å². The maximum atomic E-state index is 9.47. The van der Waals surface area contributed by atoms with Crippen molar-refractivity contribution in [2.45, 2.75) is 12.5 Å². The predicted octanol–water partition coefficient (Wildman–Crippen LogP) is 3.49. The number of nitrogens with zero attached hydrogens (tertiary/aromatic N) is 1. The molecule has 0 spiro atoms. The first kappa shape index (κ1) is 11.6. The Bertz CT molecular complexity index is 687. The third-order valence-corrected chi connectivity index (χ3v) is 3.45. The van der Waals surface area contributed by atoms with Gasteiger partial charge in [-0.25, -0.2) is 0 Å². The van der Waals surface area contributed by atoms with Crippen molar-refractivity contribution in [3.8, 4) is 28.7 Å². The Balaban J connectivity index is 2.31. The SMILES string of the molecule is COc1ccc2c(c1)C(C)(C#N)Oc1ccccc1-2. The summed E-state index contributed by atoms with van der Waals surface area (Å²) < 4.78 is 11.1. The van der Waals surface area contributed by atoms with E-state index in [-0.39, 0.29) is 0 Å². The largest absolute Gasteiger partial charge is 0.497 e. The second-order valence-corrected chi connectivity index (χ2v) is 4.65. The number of rotatable bonds is 1. The van der Waals surface area contributed by atoms with E-state index in [4.69, 9.17) is 9.47 Å². The molecule has 0 fully saturated rings. The zero-order chi connectivity index (χ0) is 13.5. The second kappa shape index (κ2) is 4.03. The molecule has 0 bridgehead atoms. The van der Waals surface area contributed by atoms with Crippen LogP contribution in [0.5, 0.6) is 11.5 Å². The lowest BCUT2D eigenvalue weighted by molar-refractivity contribution is 0.146. The molecule has 0 radical (unpaired) electrons. The Morgan fingerprint density at radius 3 is 2.68 bits per heavy atom. The lowest BCUT2D eigenvalue weighted by atomic mass is 9.86. The average Bonchev–Trinajstić information content (AvgIpc) is 2.47. The number of ether oxygens (including phenoxy) is 2. The summed E-state index contributed by atoms with van der Waals surface area (Å²) >= 11 is 0. The normalized spacial score (nSPS) is 19.6. The van der Waals surface area contributed by atoms with Crippen LogP contribution in [-0.2, 0) is 5.60 Å². The molecule has 94 valence electrons. The smallest absolute Gasteiger partial charge is 0.217 e. The van der Waals surface area contributed by atoms with Gasteiger partial charge in [-0.05, 0) is 30.7 Å². The van der Waals surface area contributed by atoms with Crippen molar-refractivity contribution >= 4 is 0 Å². The van der Waals surface area contributed by atoms with Gasteiger partial charge < -0.3 is 9.47 Å². The van der Waals surface area contributed by atoms with Gasteiger partial charge in [0.1, 0.15) is 17.6 Å². The average molecular weight is 251 g/mol. The number of nitriles is 1. The molecule has 3 heteroatoms. The van der Waals surface area contributed by atoms with Crippen molar-refractivity contribution in [2.24, 2.45) is 0 Å². The molecule has 0 aromatic heterocycles. The Kier molecular flexibility index (Phi) is 2.46. The van der Waals surface area contributed by atoms with Gasteiger partial charge in [0.25, 0.3) is 0 Å². The van der Waals surface area contributed by atoms with Crippen LogP contribution in [0.2, 0.25) is 0 Å². The molecule has 0 saturated carbocycles. The number of hydrogen-bond donors (Lipinski definition) is 0. The highest BCUT2D eigenvalue weighted by atomic mass is 16.5. The molecule has 19 heavy (non-hydrogen) atoms. The fourth-order valence-corrected chi connectivity index (χ4v) is 2.42. The van der Waals surface area contributed by atoms with Crippen LogP contribution in [0.4, 0.5) is 0 Å². The highest BCUT2D eigenvalue weighted by Crippen LogP contribution is 2.45. The monoisotopic (exact) mass is 251 g/mol. The van der Waals surface area contributed by atoms with E-state index in [1.54, 1.807) is 14.0 Å². The minimum atomic E-state index is -0.988. The van der Waals surface area contributed by atoms with Gasteiger partial charge in [-0.2, -0.15) is 5.26 Å². The molecule has 3 rings (SSSR count). The molecule has 1 aliphatic rings. The summed E-state index contributed by atoms with van der Waals surface area (Å²) in [6, 6.07) is 15.8. The van der Waals surface area contributed by atoms with Crippen molar-refractivity contribution < 1.29 is 9.47 Å². The summed E-state index contributed by atoms with van der Waals surface area (Å²) in [4.78, 5) is 0. The van der Waals surface area contributed by atoms with Gasteiger partial charge >= 0.3 is 0 Å². The lowest BCUT2D eigenvalue weighted by Gasteiger charge is -2.32. The van der Waals surface area contributed by atoms with E-state index in [9.17, 15) is 5.26 Å². The van der Waals surface area contributed by atoms with Gasteiger partial charge in [0.15, 0.2) is 0 Å². The molecule has 0 amide bonds. The van der Waals surface area contributed by atoms with E-state index in [0.29, 0.717) is 0 Å². The van der Waals surface area contributed by atoms with Crippen molar-refractivity contribution in [1.82, 2.24) is 0 Å². The van der Waals surface area contributed by atoms with Gasteiger partial charge in [0, 0.05) is 11.1 Å². The number of methoxy groups -OCH3 is 1. The van der Waals surface area contributed by atoms with E-state index in [2.05, 4.69) is 6.07 Å². The van der Waals surface area contributed by atoms with E-state index in [1.165, 1.54) is 0 Å². The zero-order valence-electron chi connectivity index (χ0n) is 10.8. The molecule has 1 unspecified atom stereocenters. The summed E-state index contributed by atoms with van der Waals surface area (Å²) in [5.41, 5.74) is 1.88. The van der Waals surface area contributed by atoms with Crippen LogP contribution in [0.1, 0.15) is 12.5 Å². The summed E-state index contributed by atoms with van der Waals surface area (Å²) in [5.74, 6) is 1.47. The van der Waals surface area contributed by atoms with Gasteiger partial charge in [-0.15, -0.1) is 0 Å². The van der Waals surface area contributed by atoms with Crippen LogP contribution in [0.25, 0.3) is 11.1 Å². The quantitative estimate of drug-likeness (QED) is 0.779. The van der Waals surface area contributed by atoms with E-state index < -0.39 is 5.60 Å². The van der Waals surface area contributed by atoms with Crippen molar-refractivity contribution in [3.63, 3.8) is 0 Å². The topological polar surface area (TPSA) is 42.2 Å². The third-order valence-electron chi connectivity index (χ3n) is 3.45. The van der Waals surface area contributed by atoms with Gasteiger partial charge in [-0.3, -0.25) is 0 Å². The van der Waals surface area contributed by atoms with Crippen LogP contribution >= 0.6 is 0 Å². The molecule has 1 heterocycles. The molecule has 2 aromatic carbocycles. The first-order chi connectivity index (χ1) is 9.18. The van der Waals surface area contributed by atoms with Crippen LogP contribution in [0, 0.1) is 11.3 Å². The molecular weight excluding hydrogens is 238 g/mol.